The molecule has 1 rings (SSSR count). The molecule has 0 aliphatic rings. The zero-order valence-electron chi connectivity index (χ0n) is 15.4. The minimum absolute atomic E-state index is 0.193. The number of carbonyl (C=O) groups is 2. The molecule has 0 spiro atoms. The number of unbranched alkanes of at least 4 members (excludes halogenated alkanes) is 8. The molecule has 1 amide bonds. The number of carbonyl (C=O) groups excluding carboxylic acids is 2. The second kappa shape index (κ2) is 14.4. The Morgan fingerprint density at radius 3 is 2.16 bits per heavy atom. The lowest BCUT2D eigenvalue weighted by atomic mass is 10.1. The van der Waals surface area contributed by atoms with Crippen LogP contribution in [0, 0.1) is 0 Å². The molecule has 0 heterocycles. The van der Waals surface area contributed by atoms with Crippen LogP contribution in [-0.2, 0) is 20.9 Å². The first-order valence-electron chi connectivity index (χ1n) is 9.50. The van der Waals surface area contributed by atoms with E-state index in [-0.39, 0.29) is 12.5 Å². The molecule has 1 aromatic rings. The number of aliphatic imine (C=N–C) groups is 1. The molecular weight excluding hydrogens is 314 g/mol. The summed E-state index contributed by atoms with van der Waals surface area (Å²) in [7, 11) is 0. The average molecular weight is 345 g/mol. The Hall–Kier alpha value is -1.97. The van der Waals surface area contributed by atoms with Gasteiger partial charge in [-0.2, -0.15) is 0 Å². The molecule has 0 radical (unpaired) electrons. The molecule has 0 bridgehead atoms. The predicted molar refractivity (Wildman–Crippen MR) is 102 cm³/mol. The number of benzene rings is 1. The Morgan fingerprint density at radius 1 is 0.920 bits per heavy atom. The van der Waals surface area contributed by atoms with Crippen molar-refractivity contribution in [3.8, 4) is 0 Å². The van der Waals surface area contributed by atoms with Crippen LogP contribution in [0.1, 0.15) is 76.7 Å². The van der Waals surface area contributed by atoms with E-state index >= 15 is 0 Å². The van der Waals surface area contributed by atoms with E-state index in [0.29, 0.717) is 6.42 Å². The topological polar surface area (TPSA) is 55.7 Å². The second-order valence-corrected chi connectivity index (χ2v) is 6.32. The van der Waals surface area contributed by atoms with E-state index in [1.165, 1.54) is 44.9 Å². The Labute approximate surface area is 151 Å². The van der Waals surface area contributed by atoms with Gasteiger partial charge >= 0.3 is 5.97 Å². The molecule has 0 atom stereocenters. The van der Waals surface area contributed by atoms with Crippen molar-refractivity contribution in [2.24, 2.45) is 4.99 Å². The molecule has 138 valence electrons. The van der Waals surface area contributed by atoms with Gasteiger partial charge in [-0.25, -0.2) is 9.79 Å². The van der Waals surface area contributed by atoms with E-state index in [2.05, 4.69) is 11.9 Å². The van der Waals surface area contributed by atoms with E-state index in [1.807, 2.05) is 30.3 Å². The summed E-state index contributed by atoms with van der Waals surface area (Å²) >= 11 is 0. The highest BCUT2D eigenvalue weighted by Crippen LogP contribution is 2.10. The van der Waals surface area contributed by atoms with Gasteiger partial charge in [0.1, 0.15) is 12.8 Å². The van der Waals surface area contributed by atoms with E-state index in [4.69, 9.17) is 4.74 Å². The number of hydrogen-bond acceptors (Lipinski definition) is 3. The van der Waals surface area contributed by atoms with Crippen LogP contribution in [0.3, 0.4) is 0 Å². The quantitative estimate of drug-likeness (QED) is 0.279. The highest BCUT2D eigenvalue weighted by atomic mass is 16.5. The van der Waals surface area contributed by atoms with Crippen LogP contribution in [0.4, 0.5) is 0 Å². The lowest BCUT2D eigenvalue weighted by Gasteiger charge is -2.01. The van der Waals surface area contributed by atoms with Crippen LogP contribution in [-0.4, -0.2) is 18.1 Å². The van der Waals surface area contributed by atoms with Crippen molar-refractivity contribution in [2.75, 3.05) is 0 Å². The molecular formula is C21H31NO3. The lowest BCUT2D eigenvalue weighted by molar-refractivity contribution is -0.136. The molecule has 0 aromatic heterocycles. The predicted octanol–water partition coefficient (Wildman–Crippen LogP) is 5.25. The van der Waals surface area contributed by atoms with Crippen molar-refractivity contribution >= 4 is 18.1 Å². The highest BCUT2D eigenvalue weighted by molar-refractivity contribution is 6.25. The molecule has 0 unspecified atom stereocenters. The van der Waals surface area contributed by atoms with Gasteiger partial charge in [-0.15, -0.1) is 0 Å². The second-order valence-electron chi connectivity index (χ2n) is 6.32. The molecule has 0 saturated carbocycles. The van der Waals surface area contributed by atoms with Crippen LogP contribution in [0.25, 0.3) is 0 Å². The molecule has 0 aliphatic carbocycles. The third-order valence-corrected chi connectivity index (χ3v) is 4.03. The molecule has 4 nitrogen and oxygen atoms in total. The summed E-state index contributed by atoms with van der Waals surface area (Å²) in [5, 5.41) is 0. The summed E-state index contributed by atoms with van der Waals surface area (Å²) in [6.45, 7) is 2.42. The summed E-state index contributed by atoms with van der Waals surface area (Å²) in [5.41, 5.74) is 0.908. The Kier molecular flexibility index (Phi) is 12.1. The summed E-state index contributed by atoms with van der Waals surface area (Å²) in [5.74, 6) is -0.830. The summed E-state index contributed by atoms with van der Waals surface area (Å²) in [6, 6.07) is 9.41. The third kappa shape index (κ3) is 12.1. The fourth-order valence-corrected chi connectivity index (χ4v) is 2.54. The molecule has 0 aliphatic heterocycles. The van der Waals surface area contributed by atoms with E-state index < -0.39 is 5.97 Å². The number of nitrogens with zero attached hydrogens (tertiary/aromatic N) is 1. The van der Waals surface area contributed by atoms with Gasteiger partial charge in [-0.3, -0.25) is 4.79 Å². The molecule has 1 aromatic carbocycles. The van der Waals surface area contributed by atoms with Crippen molar-refractivity contribution in [2.45, 2.75) is 77.7 Å². The maximum atomic E-state index is 11.6. The van der Waals surface area contributed by atoms with Crippen molar-refractivity contribution in [1.82, 2.24) is 0 Å². The summed E-state index contributed by atoms with van der Waals surface area (Å²) in [4.78, 5) is 26.8. The maximum Gasteiger partial charge on any atom is 0.349 e. The number of amides is 1. The molecule has 0 N–H and O–H groups in total. The van der Waals surface area contributed by atoms with Crippen LogP contribution in [0.2, 0.25) is 0 Å². The van der Waals surface area contributed by atoms with E-state index in [1.54, 1.807) is 0 Å². The lowest BCUT2D eigenvalue weighted by Crippen LogP contribution is -2.07. The van der Waals surface area contributed by atoms with Gasteiger partial charge in [0.2, 0.25) is 5.91 Å². The van der Waals surface area contributed by atoms with Gasteiger partial charge in [0.25, 0.3) is 0 Å². The van der Waals surface area contributed by atoms with Crippen molar-refractivity contribution < 1.29 is 14.3 Å². The number of esters is 1. The first-order valence-corrected chi connectivity index (χ1v) is 9.50. The van der Waals surface area contributed by atoms with Gasteiger partial charge < -0.3 is 4.74 Å². The van der Waals surface area contributed by atoms with E-state index in [9.17, 15) is 9.59 Å². The van der Waals surface area contributed by atoms with Crippen LogP contribution in [0.15, 0.2) is 35.3 Å². The number of hydrogen-bond donors (Lipinski definition) is 0. The van der Waals surface area contributed by atoms with Gasteiger partial charge in [0, 0.05) is 6.42 Å². The number of rotatable bonds is 13. The van der Waals surface area contributed by atoms with Gasteiger partial charge in [-0.1, -0.05) is 88.6 Å². The zero-order chi connectivity index (χ0) is 18.2. The van der Waals surface area contributed by atoms with Crippen LogP contribution >= 0.6 is 0 Å². The van der Waals surface area contributed by atoms with E-state index in [0.717, 1.165) is 24.6 Å². The maximum absolute atomic E-state index is 11.6. The van der Waals surface area contributed by atoms with Gasteiger partial charge in [-0.05, 0) is 12.0 Å². The third-order valence-electron chi connectivity index (χ3n) is 4.03. The van der Waals surface area contributed by atoms with Crippen LogP contribution < -0.4 is 0 Å². The number of ether oxygens (including phenoxy) is 1. The fourth-order valence-electron chi connectivity index (χ4n) is 2.54. The summed E-state index contributed by atoms with van der Waals surface area (Å²) < 4.78 is 5.04. The molecule has 0 saturated heterocycles. The average Bonchev–Trinajstić information content (AvgIpc) is 2.64. The highest BCUT2D eigenvalue weighted by Gasteiger charge is 2.02. The minimum atomic E-state index is -0.579. The molecule has 0 fully saturated rings. The minimum Gasteiger partial charge on any atom is -0.457 e. The van der Waals surface area contributed by atoms with Crippen molar-refractivity contribution in [3.05, 3.63) is 35.9 Å². The van der Waals surface area contributed by atoms with Gasteiger partial charge in [0.05, 0.1) is 0 Å². The Balaban J connectivity index is 2.01. The normalized spacial score (nSPS) is 10.9. The zero-order valence-corrected chi connectivity index (χ0v) is 15.4. The first kappa shape index (κ1) is 21.1. The van der Waals surface area contributed by atoms with Crippen LogP contribution in [0.5, 0.6) is 0 Å². The first-order chi connectivity index (χ1) is 12.2. The Morgan fingerprint density at radius 2 is 1.52 bits per heavy atom. The smallest absolute Gasteiger partial charge is 0.349 e. The standard InChI is InChI=1S/C21H31NO3/c1-2-3-4-5-6-7-8-9-13-16-20(23)22-17-21(24)25-18-19-14-11-10-12-15-19/h10-12,14-15,17H,2-9,13,16,18H2,1H3. The Bertz CT molecular complexity index is 511. The SMILES string of the molecule is CCCCCCCCCCCC(=O)N=CC(=O)OCc1ccccc1. The summed E-state index contributed by atoms with van der Waals surface area (Å²) in [6.07, 6.45) is 12.2. The van der Waals surface area contributed by atoms with Crippen molar-refractivity contribution in [3.63, 3.8) is 0 Å². The van der Waals surface area contributed by atoms with Crippen molar-refractivity contribution in [1.29, 1.82) is 0 Å². The largest absolute Gasteiger partial charge is 0.457 e. The monoisotopic (exact) mass is 345 g/mol. The molecule has 4 heteroatoms. The fraction of sp³-hybridized carbons (Fsp3) is 0.571. The van der Waals surface area contributed by atoms with Gasteiger partial charge in [0.15, 0.2) is 0 Å². The molecule has 25 heavy (non-hydrogen) atoms.